The van der Waals surface area contributed by atoms with Gasteiger partial charge in [-0.05, 0) is 31.0 Å². The van der Waals surface area contributed by atoms with Crippen LogP contribution in [0.2, 0.25) is 0 Å². The molecular weight excluding hydrogens is 266 g/mol. The van der Waals surface area contributed by atoms with Crippen LogP contribution < -0.4 is 5.32 Å². The van der Waals surface area contributed by atoms with Crippen molar-refractivity contribution >= 4 is 11.8 Å². The fraction of sp³-hybridized carbons (Fsp3) is 0.438. The van der Waals surface area contributed by atoms with Gasteiger partial charge in [-0.3, -0.25) is 0 Å². The van der Waals surface area contributed by atoms with E-state index in [2.05, 4.69) is 52.3 Å². The molecule has 0 bridgehead atoms. The molecule has 0 saturated carbocycles. The van der Waals surface area contributed by atoms with Crippen molar-refractivity contribution in [1.82, 2.24) is 14.9 Å². The average molecular weight is 287 g/mol. The van der Waals surface area contributed by atoms with Crippen molar-refractivity contribution in [2.75, 3.05) is 6.54 Å². The first-order chi connectivity index (χ1) is 9.86. The fourth-order valence-corrected chi connectivity index (χ4v) is 3.94. The molecule has 4 heteroatoms. The number of hydrogen-bond acceptors (Lipinski definition) is 3. The smallest absolute Gasteiger partial charge is 0.122 e. The molecule has 1 unspecified atom stereocenters. The van der Waals surface area contributed by atoms with Crippen molar-refractivity contribution in [3.05, 3.63) is 48.0 Å². The number of rotatable bonds is 6. The second kappa shape index (κ2) is 6.46. The molecular formula is C16H21N3S. The Bertz CT molecular complexity index is 539. The monoisotopic (exact) mass is 287 g/mol. The Morgan fingerprint density at radius 1 is 1.40 bits per heavy atom. The molecule has 0 aliphatic carbocycles. The maximum absolute atomic E-state index is 4.47. The molecule has 1 N–H and O–H groups in total. The second-order valence-corrected chi connectivity index (χ2v) is 6.57. The lowest BCUT2D eigenvalue weighted by Crippen LogP contribution is -2.20. The highest BCUT2D eigenvalue weighted by molar-refractivity contribution is 8.00. The van der Waals surface area contributed by atoms with Crippen molar-refractivity contribution in [2.24, 2.45) is 0 Å². The van der Waals surface area contributed by atoms with Crippen LogP contribution >= 0.6 is 11.8 Å². The van der Waals surface area contributed by atoms with E-state index in [1.54, 1.807) is 0 Å². The molecule has 3 rings (SSSR count). The summed E-state index contributed by atoms with van der Waals surface area (Å²) in [6, 6.07) is 8.75. The largest absolute Gasteiger partial charge is 0.333 e. The van der Waals surface area contributed by atoms with E-state index in [1.165, 1.54) is 16.9 Å². The highest BCUT2D eigenvalue weighted by Crippen LogP contribution is 2.37. The first-order valence-electron chi connectivity index (χ1n) is 7.32. The molecule has 0 fully saturated rings. The van der Waals surface area contributed by atoms with E-state index in [0.29, 0.717) is 5.25 Å². The Morgan fingerprint density at radius 2 is 2.30 bits per heavy atom. The Morgan fingerprint density at radius 3 is 3.15 bits per heavy atom. The Hall–Kier alpha value is -1.26. The van der Waals surface area contributed by atoms with Crippen LogP contribution in [0.4, 0.5) is 0 Å². The number of aromatic nitrogens is 2. The minimum Gasteiger partial charge on any atom is -0.333 e. The zero-order valence-electron chi connectivity index (χ0n) is 11.9. The van der Waals surface area contributed by atoms with Crippen LogP contribution in [0, 0.1) is 0 Å². The first-order valence-corrected chi connectivity index (χ1v) is 8.20. The third-order valence-electron chi connectivity index (χ3n) is 3.63. The summed E-state index contributed by atoms with van der Waals surface area (Å²) in [5.41, 5.74) is 1.49. The van der Waals surface area contributed by atoms with Gasteiger partial charge in [-0.1, -0.05) is 25.1 Å². The van der Waals surface area contributed by atoms with E-state index in [4.69, 9.17) is 0 Å². The minimum atomic E-state index is 0.631. The van der Waals surface area contributed by atoms with E-state index >= 15 is 0 Å². The molecule has 0 spiro atoms. The fourth-order valence-electron chi connectivity index (χ4n) is 2.63. The number of nitrogens with one attached hydrogen (secondary N) is 1. The lowest BCUT2D eigenvalue weighted by Gasteiger charge is -2.13. The van der Waals surface area contributed by atoms with Gasteiger partial charge in [0.05, 0.1) is 6.54 Å². The quantitative estimate of drug-likeness (QED) is 0.828. The summed E-state index contributed by atoms with van der Waals surface area (Å²) in [4.78, 5) is 5.92. The summed E-state index contributed by atoms with van der Waals surface area (Å²) in [5.74, 6) is 1.15. The summed E-state index contributed by atoms with van der Waals surface area (Å²) in [6.07, 6.45) is 6.34. The lowest BCUT2D eigenvalue weighted by atomic mass is 10.1. The molecule has 2 heterocycles. The summed E-state index contributed by atoms with van der Waals surface area (Å²) >= 11 is 2.00. The summed E-state index contributed by atoms with van der Waals surface area (Å²) < 4.78 is 2.30. The Kier molecular flexibility index (Phi) is 4.43. The van der Waals surface area contributed by atoms with Gasteiger partial charge in [0.25, 0.3) is 0 Å². The lowest BCUT2D eigenvalue weighted by molar-refractivity contribution is 0.582. The van der Waals surface area contributed by atoms with Gasteiger partial charge in [0.1, 0.15) is 5.82 Å². The molecule has 20 heavy (non-hydrogen) atoms. The van der Waals surface area contributed by atoms with Crippen LogP contribution in [0.5, 0.6) is 0 Å². The molecule has 1 aromatic heterocycles. The molecule has 2 aromatic rings. The van der Waals surface area contributed by atoms with Gasteiger partial charge in [-0.15, -0.1) is 11.8 Å². The van der Waals surface area contributed by atoms with E-state index in [1.807, 2.05) is 18.0 Å². The molecule has 0 radical (unpaired) electrons. The molecule has 106 valence electrons. The third kappa shape index (κ3) is 3.07. The molecule has 1 atom stereocenters. The molecule has 1 aliphatic rings. The van der Waals surface area contributed by atoms with Gasteiger partial charge in [0.2, 0.25) is 0 Å². The van der Waals surface area contributed by atoms with Gasteiger partial charge < -0.3 is 9.88 Å². The second-order valence-electron chi connectivity index (χ2n) is 5.22. The molecule has 0 amide bonds. The summed E-state index contributed by atoms with van der Waals surface area (Å²) in [7, 11) is 0. The van der Waals surface area contributed by atoms with Crippen molar-refractivity contribution < 1.29 is 0 Å². The normalized spacial score (nSPS) is 17.4. The zero-order valence-corrected chi connectivity index (χ0v) is 12.7. The predicted octanol–water partition coefficient (Wildman–Crippen LogP) is 3.10. The molecule has 0 saturated heterocycles. The van der Waals surface area contributed by atoms with Gasteiger partial charge in [0.15, 0.2) is 0 Å². The molecule has 1 aliphatic heterocycles. The van der Waals surface area contributed by atoms with Crippen molar-refractivity contribution in [2.45, 2.75) is 43.0 Å². The van der Waals surface area contributed by atoms with Crippen LogP contribution in [0.25, 0.3) is 0 Å². The highest BCUT2D eigenvalue weighted by Gasteiger charge is 2.22. The van der Waals surface area contributed by atoms with Gasteiger partial charge in [0, 0.05) is 29.1 Å². The molecule has 3 nitrogen and oxygen atoms in total. The Balaban J connectivity index is 1.61. The maximum Gasteiger partial charge on any atom is 0.122 e. The van der Waals surface area contributed by atoms with Gasteiger partial charge in [-0.2, -0.15) is 0 Å². The van der Waals surface area contributed by atoms with Crippen LogP contribution in [-0.4, -0.2) is 21.3 Å². The highest BCUT2D eigenvalue weighted by atomic mass is 32.2. The van der Waals surface area contributed by atoms with Gasteiger partial charge in [-0.25, -0.2) is 4.98 Å². The van der Waals surface area contributed by atoms with E-state index < -0.39 is 0 Å². The average Bonchev–Trinajstić information content (AvgIpc) is 3.06. The summed E-state index contributed by atoms with van der Waals surface area (Å²) in [5, 5.41) is 4.06. The third-order valence-corrected chi connectivity index (χ3v) is 4.93. The number of hydrogen-bond donors (Lipinski definition) is 1. The Labute approximate surface area is 124 Å². The van der Waals surface area contributed by atoms with E-state index in [0.717, 1.165) is 31.9 Å². The van der Waals surface area contributed by atoms with E-state index in [-0.39, 0.29) is 0 Å². The van der Waals surface area contributed by atoms with Crippen molar-refractivity contribution in [3.63, 3.8) is 0 Å². The predicted molar refractivity (Wildman–Crippen MR) is 84.0 cm³/mol. The van der Waals surface area contributed by atoms with Gasteiger partial charge >= 0.3 is 0 Å². The first kappa shape index (κ1) is 13.7. The number of nitrogens with zero attached hydrogens (tertiary/aromatic N) is 2. The van der Waals surface area contributed by atoms with Crippen molar-refractivity contribution in [1.29, 1.82) is 0 Å². The standard InChI is InChI=1S/C16H21N3S/c1-2-7-17-11-16-18-8-9-19(16)12-14-10-13-5-3-4-6-15(13)20-14/h3-6,8-9,14,17H,2,7,10-12H2,1H3. The molecule has 1 aromatic carbocycles. The maximum atomic E-state index is 4.47. The number of benzene rings is 1. The number of fused-ring (bicyclic) bond motifs is 1. The van der Waals surface area contributed by atoms with Crippen LogP contribution in [0.15, 0.2) is 41.6 Å². The number of imidazole rings is 1. The van der Waals surface area contributed by atoms with Crippen LogP contribution in [0.1, 0.15) is 24.7 Å². The number of thioether (sulfide) groups is 1. The van der Waals surface area contributed by atoms with E-state index in [9.17, 15) is 0 Å². The summed E-state index contributed by atoms with van der Waals surface area (Å²) in [6.45, 7) is 5.15. The van der Waals surface area contributed by atoms with Crippen LogP contribution in [0.3, 0.4) is 0 Å². The topological polar surface area (TPSA) is 29.9 Å². The minimum absolute atomic E-state index is 0.631. The van der Waals surface area contributed by atoms with Crippen LogP contribution in [-0.2, 0) is 19.5 Å². The van der Waals surface area contributed by atoms with Crippen molar-refractivity contribution in [3.8, 4) is 0 Å². The SMILES string of the molecule is CCCNCc1nccn1CC1Cc2ccccc2S1. The zero-order chi connectivity index (χ0) is 13.8.